The van der Waals surface area contributed by atoms with Crippen LogP contribution in [0.4, 0.5) is 0 Å². The molecule has 0 N–H and O–H groups in total. The fraction of sp³-hybridized carbons (Fsp3) is 0.222. The van der Waals surface area contributed by atoms with Gasteiger partial charge in [-0.15, -0.1) is 0 Å². The lowest BCUT2D eigenvalue weighted by Gasteiger charge is -2.21. The van der Waals surface area contributed by atoms with Crippen molar-refractivity contribution < 1.29 is 14.3 Å². The highest BCUT2D eigenvalue weighted by Crippen LogP contribution is 2.47. The molecule has 0 aromatic heterocycles. The van der Waals surface area contributed by atoms with Crippen LogP contribution in [-0.4, -0.2) is 11.2 Å². The highest BCUT2D eigenvalue weighted by atomic mass is 35.5. The van der Waals surface area contributed by atoms with E-state index in [2.05, 4.69) is 0 Å². The van der Waals surface area contributed by atoms with E-state index in [4.69, 9.17) is 16.3 Å². The van der Waals surface area contributed by atoms with Gasteiger partial charge in [-0.1, -0.05) is 60.7 Å². The molecule has 1 heterocycles. The molecule has 1 unspecified atom stereocenters. The van der Waals surface area contributed by atoms with Crippen molar-refractivity contribution in [3.63, 3.8) is 0 Å². The van der Waals surface area contributed by atoms with Gasteiger partial charge in [0.2, 0.25) is 5.24 Å². The van der Waals surface area contributed by atoms with Gasteiger partial charge in [0.1, 0.15) is 6.10 Å². The maximum absolute atomic E-state index is 12.2. The Morgan fingerprint density at radius 3 is 2.05 bits per heavy atom. The number of benzene rings is 2. The second-order valence-corrected chi connectivity index (χ2v) is 5.79. The summed E-state index contributed by atoms with van der Waals surface area (Å²) in [6.45, 7) is 0. The van der Waals surface area contributed by atoms with Crippen LogP contribution in [0.3, 0.4) is 0 Å². The molecular formula is C18H15ClO3. The minimum Gasteiger partial charge on any atom is -0.457 e. The Labute approximate surface area is 133 Å². The first kappa shape index (κ1) is 14.8. The number of hydrogen-bond donors (Lipinski definition) is 0. The van der Waals surface area contributed by atoms with Crippen LogP contribution in [0.5, 0.6) is 0 Å². The largest absolute Gasteiger partial charge is 0.457 e. The molecule has 4 heteroatoms. The van der Waals surface area contributed by atoms with E-state index in [1.165, 1.54) is 0 Å². The summed E-state index contributed by atoms with van der Waals surface area (Å²) in [6, 6.07) is 19.2. The molecule has 2 aromatic carbocycles. The molecule has 2 aromatic rings. The number of carbonyl (C=O) groups excluding carboxylic acids is 2. The summed E-state index contributed by atoms with van der Waals surface area (Å²) in [5.41, 5.74) is 1.90. The average Bonchev–Trinajstić information content (AvgIpc) is 2.85. The molecule has 1 aliphatic rings. The minimum atomic E-state index is -0.544. The monoisotopic (exact) mass is 314 g/mol. The van der Waals surface area contributed by atoms with Crippen molar-refractivity contribution in [1.29, 1.82) is 0 Å². The summed E-state index contributed by atoms with van der Waals surface area (Å²) in [7, 11) is 0. The van der Waals surface area contributed by atoms with Crippen molar-refractivity contribution in [1.82, 2.24) is 0 Å². The smallest absolute Gasteiger partial charge is 0.310 e. The third-order valence-electron chi connectivity index (χ3n) is 4.00. The number of halogens is 1. The number of hydrogen-bond acceptors (Lipinski definition) is 3. The van der Waals surface area contributed by atoms with Crippen LogP contribution >= 0.6 is 11.6 Å². The van der Waals surface area contributed by atoms with E-state index in [0.29, 0.717) is 0 Å². The molecule has 0 aliphatic carbocycles. The van der Waals surface area contributed by atoms with Crippen molar-refractivity contribution in [2.75, 3.05) is 0 Å². The second kappa shape index (κ2) is 6.32. The molecular weight excluding hydrogens is 300 g/mol. The predicted octanol–water partition coefficient (Wildman–Crippen LogP) is 3.84. The van der Waals surface area contributed by atoms with Gasteiger partial charge in [-0.3, -0.25) is 9.59 Å². The summed E-state index contributed by atoms with van der Waals surface area (Å²) in [4.78, 5) is 23.6. The lowest BCUT2D eigenvalue weighted by molar-refractivity contribution is -0.145. The van der Waals surface area contributed by atoms with Gasteiger partial charge in [0, 0.05) is 12.3 Å². The molecule has 0 bridgehead atoms. The summed E-state index contributed by atoms with van der Waals surface area (Å²) >= 11 is 5.52. The normalized spacial score (nSPS) is 24.0. The Hall–Kier alpha value is -2.13. The summed E-state index contributed by atoms with van der Waals surface area (Å²) in [5.74, 6) is -1.12. The van der Waals surface area contributed by atoms with Crippen molar-refractivity contribution >= 4 is 22.8 Å². The predicted molar refractivity (Wildman–Crippen MR) is 83.4 cm³/mol. The zero-order chi connectivity index (χ0) is 15.5. The van der Waals surface area contributed by atoms with E-state index in [1.807, 2.05) is 60.7 Å². The molecule has 3 nitrogen and oxygen atoms in total. The second-order valence-electron chi connectivity index (χ2n) is 5.37. The molecule has 0 spiro atoms. The van der Waals surface area contributed by atoms with Gasteiger partial charge in [0.15, 0.2) is 0 Å². The standard InChI is InChI=1S/C18H15ClO3/c19-15(20)11-14-16(12-7-3-1-4-8-12)17(22-18(14)21)13-9-5-2-6-10-13/h1-10,14,16-17H,11H2/t14?,16-,17-/m1/s1. The number of carbonyl (C=O) groups is 2. The molecule has 22 heavy (non-hydrogen) atoms. The fourth-order valence-corrected chi connectivity index (χ4v) is 3.19. The number of ether oxygens (including phenoxy) is 1. The lowest BCUT2D eigenvalue weighted by Crippen LogP contribution is -2.17. The van der Waals surface area contributed by atoms with Crippen LogP contribution in [0.1, 0.15) is 29.6 Å². The first-order valence-corrected chi connectivity index (χ1v) is 7.53. The maximum Gasteiger partial charge on any atom is 0.310 e. The van der Waals surface area contributed by atoms with Crippen LogP contribution in [0.25, 0.3) is 0 Å². The summed E-state index contributed by atoms with van der Waals surface area (Å²) < 4.78 is 5.58. The SMILES string of the molecule is O=C(Cl)CC1C(=O)O[C@H](c2ccccc2)[C@@H]1c1ccccc1. The van der Waals surface area contributed by atoms with Gasteiger partial charge in [-0.2, -0.15) is 0 Å². The molecule has 1 aliphatic heterocycles. The molecule has 1 saturated heterocycles. The van der Waals surface area contributed by atoms with Crippen molar-refractivity contribution in [2.24, 2.45) is 5.92 Å². The highest BCUT2D eigenvalue weighted by molar-refractivity contribution is 6.63. The molecule has 0 radical (unpaired) electrons. The van der Waals surface area contributed by atoms with E-state index in [0.717, 1.165) is 11.1 Å². The topological polar surface area (TPSA) is 43.4 Å². The highest BCUT2D eigenvalue weighted by Gasteiger charge is 2.46. The van der Waals surface area contributed by atoms with Gasteiger partial charge < -0.3 is 4.74 Å². The number of rotatable bonds is 4. The quantitative estimate of drug-likeness (QED) is 0.636. The van der Waals surface area contributed by atoms with E-state index >= 15 is 0 Å². The van der Waals surface area contributed by atoms with E-state index < -0.39 is 17.3 Å². The Balaban J connectivity index is 2.02. The molecule has 0 amide bonds. The molecule has 112 valence electrons. The number of cyclic esters (lactones) is 1. The maximum atomic E-state index is 12.2. The third kappa shape index (κ3) is 2.90. The molecule has 0 saturated carbocycles. The Morgan fingerprint density at radius 2 is 1.50 bits per heavy atom. The van der Waals surface area contributed by atoms with E-state index in [9.17, 15) is 9.59 Å². The first-order valence-electron chi connectivity index (χ1n) is 7.15. The van der Waals surface area contributed by atoms with Crippen molar-refractivity contribution in [2.45, 2.75) is 18.4 Å². The molecule has 1 fully saturated rings. The van der Waals surface area contributed by atoms with Crippen molar-refractivity contribution in [3.8, 4) is 0 Å². The Morgan fingerprint density at radius 1 is 0.955 bits per heavy atom. The lowest BCUT2D eigenvalue weighted by atomic mass is 9.80. The van der Waals surface area contributed by atoms with Crippen LogP contribution < -0.4 is 0 Å². The zero-order valence-electron chi connectivity index (χ0n) is 11.8. The summed E-state index contributed by atoms with van der Waals surface area (Å²) in [5, 5.41) is -0.517. The fourth-order valence-electron chi connectivity index (χ4n) is 3.03. The Kier molecular flexibility index (Phi) is 4.25. The summed E-state index contributed by atoms with van der Waals surface area (Å²) in [6.07, 6.45) is -0.402. The van der Waals surface area contributed by atoms with Gasteiger partial charge in [-0.25, -0.2) is 0 Å². The van der Waals surface area contributed by atoms with E-state index in [-0.39, 0.29) is 18.3 Å². The zero-order valence-corrected chi connectivity index (χ0v) is 12.6. The van der Waals surface area contributed by atoms with Crippen LogP contribution in [-0.2, 0) is 14.3 Å². The van der Waals surface area contributed by atoms with Crippen molar-refractivity contribution in [3.05, 3.63) is 71.8 Å². The Bertz CT molecular complexity index is 669. The van der Waals surface area contributed by atoms with Gasteiger partial charge in [-0.05, 0) is 22.7 Å². The average molecular weight is 315 g/mol. The van der Waals surface area contributed by atoms with Crippen LogP contribution in [0, 0.1) is 5.92 Å². The first-order chi connectivity index (χ1) is 10.7. The van der Waals surface area contributed by atoms with Gasteiger partial charge in [0.05, 0.1) is 5.92 Å². The minimum absolute atomic E-state index is 0.0106. The van der Waals surface area contributed by atoms with E-state index in [1.54, 1.807) is 0 Å². The number of esters is 1. The molecule has 3 rings (SSSR count). The molecule has 3 atom stereocenters. The third-order valence-corrected chi connectivity index (χ3v) is 4.15. The van der Waals surface area contributed by atoms with Gasteiger partial charge in [0.25, 0.3) is 0 Å². The van der Waals surface area contributed by atoms with Gasteiger partial charge >= 0.3 is 5.97 Å². The van der Waals surface area contributed by atoms with Crippen LogP contribution in [0.15, 0.2) is 60.7 Å². The van der Waals surface area contributed by atoms with Crippen LogP contribution in [0.2, 0.25) is 0 Å².